The number of hydrogen-bond acceptors (Lipinski definition) is 0. The molecule has 0 aliphatic carbocycles. The van der Waals surface area contributed by atoms with E-state index in [2.05, 4.69) is 62.4 Å². The molecule has 2 aromatic rings. The van der Waals surface area contributed by atoms with E-state index < -0.39 is 0 Å². The Morgan fingerprint density at radius 1 is 0.650 bits per heavy atom. The van der Waals surface area contributed by atoms with Crippen LogP contribution in [0.25, 0.3) is 11.1 Å². The zero-order chi connectivity index (χ0) is 14.2. The first-order valence-corrected chi connectivity index (χ1v) is 8.01. The van der Waals surface area contributed by atoms with E-state index in [1.807, 2.05) is 0 Å². The van der Waals surface area contributed by atoms with Gasteiger partial charge in [0.25, 0.3) is 0 Å². The van der Waals surface area contributed by atoms with Crippen LogP contribution in [0.3, 0.4) is 0 Å². The Labute approximate surface area is 123 Å². The van der Waals surface area contributed by atoms with Crippen molar-refractivity contribution in [3.05, 3.63) is 59.7 Å². The summed E-state index contributed by atoms with van der Waals surface area (Å²) in [5.74, 6) is 0. The Morgan fingerprint density at radius 3 is 1.50 bits per heavy atom. The van der Waals surface area contributed by atoms with E-state index in [9.17, 15) is 0 Å². The summed E-state index contributed by atoms with van der Waals surface area (Å²) in [4.78, 5) is 0. The van der Waals surface area contributed by atoms with Crippen LogP contribution in [-0.2, 0) is 12.8 Å². The molecule has 0 radical (unpaired) electrons. The first-order valence-electron chi connectivity index (χ1n) is 8.01. The summed E-state index contributed by atoms with van der Waals surface area (Å²) in [6.45, 7) is 4.50. The van der Waals surface area contributed by atoms with Crippen LogP contribution in [0.1, 0.15) is 50.7 Å². The molecule has 0 nitrogen and oxygen atoms in total. The van der Waals surface area contributed by atoms with E-state index in [-0.39, 0.29) is 0 Å². The van der Waals surface area contributed by atoms with Gasteiger partial charge in [-0.25, -0.2) is 0 Å². The summed E-state index contributed by atoms with van der Waals surface area (Å²) in [5.41, 5.74) is 5.64. The molecule has 0 aliphatic rings. The standard InChI is InChI=1S/C20H26/c1-3-5-9-17-11-7-13-19(15-17)20-14-8-12-18(16-20)10-6-4-2/h7-8,11-16H,3-6,9-10H2,1-2H3. The lowest BCUT2D eigenvalue weighted by molar-refractivity contribution is 0.794. The van der Waals surface area contributed by atoms with Gasteiger partial charge < -0.3 is 0 Å². The molecule has 106 valence electrons. The van der Waals surface area contributed by atoms with Gasteiger partial charge in [-0.3, -0.25) is 0 Å². The molecule has 0 aliphatic heterocycles. The van der Waals surface area contributed by atoms with E-state index in [0.29, 0.717) is 0 Å². The van der Waals surface area contributed by atoms with Gasteiger partial charge in [0.1, 0.15) is 0 Å². The van der Waals surface area contributed by atoms with Crippen LogP contribution in [0.15, 0.2) is 48.5 Å². The van der Waals surface area contributed by atoms with Crippen molar-refractivity contribution in [2.75, 3.05) is 0 Å². The summed E-state index contributed by atoms with van der Waals surface area (Å²) in [6, 6.07) is 18.1. The van der Waals surface area contributed by atoms with Crippen molar-refractivity contribution in [3.8, 4) is 11.1 Å². The molecule has 20 heavy (non-hydrogen) atoms. The molecular weight excluding hydrogens is 240 g/mol. The molecule has 0 heterocycles. The van der Waals surface area contributed by atoms with Crippen molar-refractivity contribution >= 4 is 0 Å². The average Bonchev–Trinajstić information content (AvgIpc) is 2.51. The lowest BCUT2D eigenvalue weighted by atomic mass is 9.98. The summed E-state index contributed by atoms with van der Waals surface area (Å²) in [5, 5.41) is 0. The predicted molar refractivity (Wildman–Crippen MR) is 89.1 cm³/mol. The van der Waals surface area contributed by atoms with Crippen LogP contribution in [0, 0.1) is 0 Å². The predicted octanol–water partition coefficient (Wildman–Crippen LogP) is 6.04. The Kier molecular flexibility index (Phi) is 5.86. The number of rotatable bonds is 7. The number of hydrogen-bond donors (Lipinski definition) is 0. The van der Waals surface area contributed by atoms with E-state index in [0.717, 1.165) is 0 Å². The first kappa shape index (κ1) is 14.8. The van der Waals surface area contributed by atoms with Crippen LogP contribution < -0.4 is 0 Å². The molecule has 0 aromatic heterocycles. The lowest BCUT2D eigenvalue weighted by Crippen LogP contribution is -1.88. The van der Waals surface area contributed by atoms with E-state index in [1.165, 1.54) is 60.8 Å². The second-order valence-electron chi connectivity index (χ2n) is 5.61. The normalized spacial score (nSPS) is 10.7. The van der Waals surface area contributed by atoms with Gasteiger partial charge in [-0.05, 0) is 47.9 Å². The fraction of sp³-hybridized carbons (Fsp3) is 0.400. The molecule has 0 saturated heterocycles. The average molecular weight is 266 g/mol. The molecule has 0 amide bonds. The zero-order valence-corrected chi connectivity index (χ0v) is 12.9. The highest BCUT2D eigenvalue weighted by molar-refractivity contribution is 5.65. The molecule has 0 unspecified atom stereocenters. The van der Waals surface area contributed by atoms with Gasteiger partial charge in [0.2, 0.25) is 0 Å². The molecule has 2 aromatic carbocycles. The van der Waals surface area contributed by atoms with Crippen LogP contribution in [0.4, 0.5) is 0 Å². The second kappa shape index (κ2) is 7.89. The molecule has 2 rings (SSSR count). The molecule has 0 fully saturated rings. The van der Waals surface area contributed by atoms with Crippen LogP contribution >= 0.6 is 0 Å². The maximum atomic E-state index is 2.36. The van der Waals surface area contributed by atoms with Gasteiger partial charge in [-0.15, -0.1) is 0 Å². The fourth-order valence-corrected chi connectivity index (χ4v) is 2.57. The van der Waals surface area contributed by atoms with E-state index >= 15 is 0 Å². The summed E-state index contributed by atoms with van der Waals surface area (Å²) in [6.07, 6.45) is 7.47. The zero-order valence-electron chi connectivity index (χ0n) is 12.9. The summed E-state index contributed by atoms with van der Waals surface area (Å²) < 4.78 is 0. The fourth-order valence-electron chi connectivity index (χ4n) is 2.57. The third-order valence-electron chi connectivity index (χ3n) is 3.83. The van der Waals surface area contributed by atoms with Crippen molar-refractivity contribution in [2.45, 2.75) is 52.4 Å². The smallest absolute Gasteiger partial charge is 0.0181 e. The third-order valence-corrected chi connectivity index (χ3v) is 3.83. The Bertz CT molecular complexity index is 476. The van der Waals surface area contributed by atoms with Crippen molar-refractivity contribution in [2.24, 2.45) is 0 Å². The van der Waals surface area contributed by atoms with Crippen molar-refractivity contribution < 1.29 is 0 Å². The highest BCUT2D eigenvalue weighted by atomic mass is 14.1. The topological polar surface area (TPSA) is 0 Å². The summed E-state index contributed by atoms with van der Waals surface area (Å²) >= 11 is 0. The van der Waals surface area contributed by atoms with Crippen LogP contribution in [0.2, 0.25) is 0 Å². The first-order chi connectivity index (χ1) is 9.83. The van der Waals surface area contributed by atoms with Crippen LogP contribution in [-0.4, -0.2) is 0 Å². The molecule has 0 heteroatoms. The monoisotopic (exact) mass is 266 g/mol. The Balaban J connectivity index is 2.17. The van der Waals surface area contributed by atoms with Crippen molar-refractivity contribution in [3.63, 3.8) is 0 Å². The van der Waals surface area contributed by atoms with Crippen molar-refractivity contribution in [1.82, 2.24) is 0 Å². The molecule has 0 atom stereocenters. The van der Waals surface area contributed by atoms with E-state index in [1.54, 1.807) is 0 Å². The SMILES string of the molecule is CCCCc1cccc(-c2cccc(CCCC)c2)c1. The van der Waals surface area contributed by atoms with Gasteiger partial charge in [0.05, 0.1) is 0 Å². The molecular formula is C20H26. The van der Waals surface area contributed by atoms with Gasteiger partial charge in [-0.1, -0.05) is 75.2 Å². The van der Waals surface area contributed by atoms with Gasteiger partial charge in [0, 0.05) is 0 Å². The Hall–Kier alpha value is -1.56. The largest absolute Gasteiger partial charge is 0.0654 e. The van der Waals surface area contributed by atoms with Crippen LogP contribution in [0.5, 0.6) is 0 Å². The van der Waals surface area contributed by atoms with Gasteiger partial charge in [-0.2, -0.15) is 0 Å². The minimum absolute atomic E-state index is 1.19. The number of aryl methyl sites for hydroxylation is 2. The highest BCUT2D eigenvalue weighted by Crippen LogP contribution is 2.23. The number of unbranched alkanes of at least 4 members (excludes halogenated alkanes) is 2. The molecule has 0 bridgehead atoms. The Morgan fingerprint density at radius 2 is 1.10 bits per heavy atom. The lowest BCUT2D eigenvalue weighted by Gasteiger charge is -2.07. The van der Waals surface area contributed by atoms with E-state index in [4.69, 9.17) is 0 Å². The van der Waals surface area contributed by atoms with Gasteiger partial charge in [0.15, 0.2) is 0 Å². The quantitative estimate of drug-likeness (QED) is 0.573. The number of benzene rings is 2. The molecule has 0 N–H and O–H groups in total. The third kappa shape index (κ3) is 4.23. The minimum atomic E-state index is 1.19. The maximum absolute atomic E-state index is 2.36. The second-order valence-corrected chi connectivity index (χ2v) is 5.61. The molecule has 0 saturated carbocycles. The summed E-state index contributed by atoms with van der Waals surface area (Å²) in [7, 11) is 0. The van der Waals surface area contributed by atoms with Gasteiger partial charge >= 0.3 is 0 Å². The highest BCUT2D eigenvalue weighted by Gasteiger charge is 2.01. The molecule has 0 spiro atoms. The van der Waals surface area contributed by atoms with Crippen molar-refractivity contribution in [1.29, 1.82) is 0 Å². The maximum Gasteiger partial charge on any atom is -0.0181 e. The minimum Gasteiger partial charge on any atom is -0.0654 e.